The smallest absolute Gasteiger partial charge is 0.296 e. The minimum Gasteiger partial charge on any atom is -0.507 e. The first-order chi connectivity index (χ1) is 15.4. The van der Waals surface area contributed by atoms with E-state index in [0.29, 0.717) is 27.8 Å². The number of amides is 1. The van der Waals surface area contributed by atoms with Crippen molar-refractivity contribution in [2.75, 3.05) is 14.2 Å². The Bertz CT molecular complexity index is 1180. The van der Waals surface area contributed by atoms with Crippen LogP contribution in [0.4, 0.5) is 0 Å². The van der Waals surface area contributed by atoms with Crippen molar-refractivity contribution >= 4 is 29.1 Å². The number of Topliss-reactive ketones (excluding diaryl/α,β-unsaturated/α-hetero) is 1. The first-order valence-corrected chi connectivity index (χ1v) is 10.1. The Morgan fingerprint density at radius 1 is 1.09 bits per heavy atom. The maximum absolute atomic E-state index is 13.1. The van der Waals surface area contributed by atoms with Crippen molar-refractivity contribution in [1.29, 1.82) is 0 Å². The Balaban J connectivity index is 1.90. The number of rotatable bonds is 6. The van der Waals surface area contributed by atoms with Crippen LogP contribution in [0.5, 0.6) is 11.5 Å². The summed E-state index contributed by atoms with van der Waals surface area (Å²) in [4.78, 5) is 27.5. The number of carbonyl (C=O) groups excluding carboxylic acids is 2. The molecule has 8 heteroatoms. The van der Waals surface area contributed by atoms with Crippen LogP contribution in [0.15, 0.2) is 70.9 Å². The highest BCUT2D eigenvalue weighted by Gasteiger charge is 2.46. The van der Waals surface area contributed by atoms with Gasteiger partial charge in [0.05, 0.1) is 44.2 Å². The van der Waals surface area contributed by atoms with Crippen LogP contribution >= 0.6 is 11.6 Å². The average Bonchev–Trinajstić information content (AvgIpc) is 3.41. The molecule has 164 valence electrons. The number of benzene rings is 2. The highest BCUT2D eigenvalue weighted by atomic mass is 35.5. The Morgan fingerprint density at radius 3 is 2.47 bits per heavy atom. The molecule has 0 bridgehead atoms. The minimum absolute atomic E-state index is 0.0533. The Hall–Kier alpha value is -3.71. The zero-order valence-electron chi connectivity index (χ0n) is 17.4. The molecular weight excluding hydrogens is 434 g/mol. The molecule has 1 amide bonds. The fourth-order valence-corrected chi connectivity index (χ4v) is 3.93. The molecule has 7 nitrogen and oxygen atoms in total. The molecule has 2 aromatic carbocycles. The molecule has 0 spiro atoms. The van der Waals surface area contributed by atoms with Crippen molar-refractivity contribution in [3.05, 3.63) is 88.3 Å². The van der Waals surface area contributed by atoms with Gasteiger partial charge in [-0.15, -0.1) is 0 Å². The summed E-state index contributed by atoms with van der Waals surface area (Å²) >= 11 is 6.12. The number of hydrogen-bond acceptors (Lipinski definition) is 6. The quantitative estimate of drug-likeness (QED) is 0.334. The summed E-state index contributed by atoms with van der Waals surface area (Å²) < 4.78 is 15.9. The van der Waals surface area contributed by atoms with Crippen LogP contribution in [0.2, 0.25) is 5.02 Å². The number of furan rings is 1. The number of likely N-dealkylation sites (tertiary alicyclic amines) is 1. The zero-order chi connectivity index (χ0) is 22.8. The second kappa shape index (κ2) is 8.80. The van der Waals surface area contributed by atoms with E-state index in [1.165, 1.54) is 24.3 Å². The number of carbonyl (C=O) groups is 2. The third kappa shape index (κ3) is 3.83. The SMILES string of the molecule is COc1ccc(C2/C(=C(\O)c3cc(Cl)ccc3OC)C(=O)C(=O)N2Cc2ccco2)cc1. The zero-order valence-corrected chi connectivity index (χ0v) is 18.1. The third-order valence-electron chi connectivity index (χ3n) is 5.29. The van der Waals surface area contributed by atoms with Crippen molar-refractivity contribution in [3.8, 4) is 11.5 Å². The fourth-order valence-electron chi connectivity index (χ4n) is 3.76. The lowest BCUT2D eigenvalue weighted by Gasteiger charge is -2.24. The summed E-state index contributed by atoms with van der Waals surface area (Å²) in [5, 5.41) is 11.6. The summed E-state index contributed by atoms with van der Waals surface area (Å²) in [7, 11) is 2.99. The van der Waals surface area contributed by atoms with E-state index in [-0.39, 0.29) is 23.4 Å². The first kappa shape index (κ1) is 21.5. The van der Waals surface area contributed by atoms with Crippen LogP contribution in [-0.2, 0) is 16.1 Å². The van der Waals surface area contributed by atoms with Crippen LogP contribution in [-0.4, -0.2) is 35.9 Å². The lowest BCUT2D eigenvalue weighted by Crippen LogP contribution is -2.29. The van der Waals surface area contributed by atoms with E-state index in [1.54, 1.807) is 55.6 Å². The van der Waals surface area contributed by atoms with Gasteiger partial charge in [-0.25, -0.2) is 0 Å². The topological polar surface area (TPSA) is 89.2 Å². The van der Waals surface area contributed by atoms with E-state index in [2.05, 4.69) is 0 Å². The number of ether oxygens (including phenoxy) is 2. The molecule has 0 aliphatic carbocycles. The van der Waals surface area contributed by atoms with Crippen LogP contribution in [0.1, 0.15) is 22.9 Å². The monoisotopic (exact) mass is 453 g/mol. The highest BCUT2D eigenvalue weighted by Crippen LogP contribution is 2.42. The molecule has 1 aliphatic heterocycles. The summed E-state index contributed by atoms with van der Waals surface area (Å²) in [6.45, 7) is 0.0533. The number of hydrogen-bond donors (Lipinski definition) is 1. The number of aliphatic hydroxyl groups is 1. The van der Waals surface area contributed by atoms with Crippen molar-refractivity contribution in [1.82, 2.24) is 4.90 Å². The van der Waals surface area contributed by atoms with Gasteiger partial charge in [0.15, 0.2) is 0 Å². The predicted octanol–water partition coefficient (Wildman–Crippen LogP) is 4.57. The predicted molar refractivity (Wildman–Crippen MR) is 118 cm³/mol. The van der Waals surface area contributed by atoms with Crippen LogP contribution in [0.3, 0.4) is 0 Å². The molecule has 1 N–H and O–H groups in total. The molecule has 1 fully saturated rings. The van der Waals surface area contributed by atoms with Gasteiger partial charge in [-0.2, -0.15) is 0 Å². The van der Waals surface area contributed by atoms with Crippen molar-refractivity contribution in [3.63, 3.8) is 0 Å². The number of ketones is 1. The van der Waals surface area contributed by atoms with Crippen molar-refractivity contribution in [2.45, 2.75) is 12.6 Å². The van der Waals surface area contributed by atoms with Gasteiger partial charge >= 0.3 is 0 Å². The van der Waals surface area contributed by atoms with Crippen molar-refractivity contribution in [2.24, 2.45) is 0 Å². The Labute approximate surface area is 189 Å². The first-order valence-electron chi connectivity index (χ1n) is 9.73. The Morgan fingerprint density at radius 2 is 1.84 bits per heavy atom. The number of aliphatic hydroxyl groups excluding tert-OH is 1. The molecular formula is C24H20ClNO6. The number of nitrogens with zero attached hydrogens (tertiary/aromatic N) is 1. The molecule has 2 heterocycles. The van der Waals surface area contributed by atoms with E-state index >= 15 is 0 Å². The third-order valence-corrected chi connectivity index (χ3v) is 5.53. The Kier molecular flexibility index (Phi) is 5.92. The van der Waals surface area contributed by atoms with Gasteiger partial charge in [0.1, 0.15) is 23.0 Å². The maximum atomic E-state index is 13.1. The fraction of sp³-hybridized carbons (Fsp3) is 0.167. The van der Waals surface area contributed by atoms with E-state index in [0.717, 1.165) is 0 Å². The molecule has 0 radical (unpaired) electrons. The van der Waals surface area contributed by atoms with Gasteiger partial charge in [-0.05, 0) is 48.0 Å². The molecule has 32 heavy (non-hydrogen) atoms. The van der Waals surface area contributed by atoms with Gasteiger partial charge in [-0.3, -0.25) is 9.59 Å². The molecule has 0 saturated carbocycles. The lowest BCUT2D eigenvalue weighted by molar-refractivity contribution is -0.140. The van der Waals surface area contributed by atoms with E-state index in [9.17, 15) is 14.7 Å². The summed E-state index contributed by atoms with van der Waals surface area (Å²) in [5.41, 5.74) is 0.779. The molecule has 1 aromatic heterocycles. The largest absolute Gasteiger partial charge is 0.507 e. The van der Waals surface area contributed by atoms with E-state index in [1.807, 2.05) is 0 Å². The summed E-state index contributed by atoms with van der Waals surface area (Å²) in [6.07, 6.45) is 1.49. The van der Waals surface area contributed by atoms with Gasteiger partial charge < -0.3 is 23.9 Å². The molecule has 4 rings (SSSR count). The van der Waals surface area contributed by atoms with Crippen LogP contribution in [0.25, 0.3) is 5.76 Å². The maximum Gasteiger partial charge on any atom is 0.296 e. The van der Waals surface area contributed by atoms with Gasteiger partial charge in [0, 0.05) is 5.02 Å². The minimum atomic E-state index is -0.852. The normalized spacial score (nSPS) is 17.6. The molecule has 3 aromatic rings. The van der Waals surface area contributed by atoms with Crippen molar-refractivity contribution < 1.29 is 28.6 Å². The van der Waals surface area contributed by atoms with Crippen LogP contribution < -0.4 is 9.47 Å². The lowest BCUT2D eigenvalue weighted by atomic mass is 9.95. The molecule has 1 saturated heterocycles. The number of methoxy groups -OCH3 is 2. The van der Waals surface area contributed by atoms with Crippen LogP contribution in [0, 0.1) is 0 Å². The second-order valence-electron chi connectivity index (χ2n) is 7.12. The average molecular weight is 454 g/mol. The van der Waals surface area contributed by atoms with E-state index < -0.39 is 17.7 Å². The van der Waals surface area contributed by atoms with Gasteiger partial charge in [-0.1, -0.05) is 23.7 Å². The second-order valence-corrected chi connectivity index (χ2v) is 7.56. The van der Waals surface area contributed by atoms with Gasteiger partial charge in [0.25, 0.3) is 11.7 Å². The van der Waals surface area contributed by atoms with Gasteiger partial charge in [0.2, 0.25) is 0 Å². The molecule has 1 aliphatic rings. The summed E-state index contributed by atoms with van der Waals surface area (Å²) in [5.74, 6) is -0.483. The molecule has 1 atom stereocenters. The van der Waals surface area contributed by atoms with E-state index in [4.69, 9.17) is 25.5 Å². The highest BCUT2D eigenvalue weighted by molar-refractivity contribution is 6.46. The number of halogens is 1. The molecule has 1 unspecified atom stereocenters. The standard InChI is InChI=1S/C24H20ClNO6/c1-30-16-8-5-14(6-9-16)21-20(22(27)18-12-15(25)7-10-19(18)31-2)23(28)24(29)26(21)13-17-4-3-11-32-17/h3-12,21,27H,13H2,1-2H3/b22-20+. The summed E-state index contributed by atoms with van der Waals surface area (Å²) in [6, 6.07) is 14.2.